The number of rotatable bonds is 4. The molecule has 1 heterocycles. The fourth-order valence-corrected chi connectivity index (χ4v) is 1.72. The van der Waals surface area contributed by atoms with Gasteiger partial charge in [0.25, 0.3) is 0 Å². The molecule has 2 rings (SSSR count). The zero-order valence-electron chi connectivity index (χ0n) is 9.88. The van der Waals surface area contributed by atoms with E-state index in [-0.39, 0.29) is 17.3 Å². The summed E-state index contributed by atoms with van der Waals surface area (Å²) in [6, 6.07) is 8.41. The highest BCUT2D eigenvalue weighted by atomic mass is 16.4. The second-order valence-corrected chi connectivity index (χ2v) is 3.95. The van der Waals surface area contributed by atoms with Crippen molar-refractivity contribution in [2.75, 3.05) is 11.1 Å². The number of anilines is 2. The molecule has 4 N–H and O–H groups in total. The van der Waals surface area contributed by atoms with E-state index in [0.29, 0.717) is 5.69 Å². The van der Waals surface area contributed by atoms with Crippen molar-refractivity contribution in [3.63, 3.8) is 0 Å². The summed E-state index contributed by atoms with van der Waals surface area (Å²) in [6.07, 6.45) is 1.59. The van der Waals surface area contributed by atoms with Gasteiger partial charge in [-0.05, 0) is 31.2 Å². The number of nitrogens with two attached hydrogens (primary N) is 1. The van der Waals surface area contributed by atoms with Crippen molar-refractivity contribution in [2.45, 2.75) is 13.0 Å². The zero-order chi connectivity index (χ0) is 13.1. The molecule has 0 saturated carbocycles. The summed E-state index contributed by atoms with van der Waals surface area (Å²) in [5.74, 6) is -0.281. The zero-order valence-corrected chi connectivity index (χ0v) is 9.88. The third kappa shape index (κ3) is 2.29. The van der Waals surface area contributed by atoms with Crippen LogP contribution in [0.3, 0.4) is 0 Å². The predicted octanol–water partition coefficient (Wildman–Crippen LogP) is 2.73. The van der Waals surface area contributed by atoms with Crippen LogP contribution in [0.2, 0.25) is 0 Å². The van der Waals surface area contributed by atoms with Gasteiger partial charge < -0.3 is 20.6 Å². The normalized spacial score (nSPS) is 12.1. The summed E-state index contributed by atoms with van der Waals surface area (Å²) in [5, 5.41) is 12.1. The van der Waals surface area contributed by atoms with Gasteiger partial charge in [0.2, 0.25) is 0 Å². The minimum atomic E-state index is -1.04. The standard InChI is InChI=1S/C13H14N2O3/c1-8(11-6-3-7-18-11)15-10-5-2-4-9(12(10)14)13(16)17/h2-8,15H,14H2,1H3,(H,16,17). The SMILES string of the molecule is CC(Nc1cccc(C(=O)O)c1N)c1ccco1. The van der Waals surface area contributed by atoms with Crippen LogP contribution in [0.15, 0.2) is 41.0 Å². The van der Waals surface area contributed by atoms with Crippen molar-refractivity contribution in [3.05, 3.63) is 47.9 Å². The third-order valence-corrected chi connectivity index (χ3v) is 2.68. The van der Waals surface area contributed by atoms with Crippen LogP contribution in [0, 0.1) is 0 Å². The van der Waals surface area contributed by atoms with E-state index in [9.17, 15) is 4.79 Å². The van der Waals surface area contributed by atoms with Gasteiger partial charge in [0.1, 0.15) is 5.76 Å². The van der Waals surface area contributed by atoms with E-state index in [1.54, 1.807) is 24.5 Å². The van der Waals surface area contributed by atoms with Gasteiger partial charge in [-0.15, -0.1) is 0 Å². The fourth-order valence-electron chi connectivity index (χ4n) is 1.72. The quantitative estimate of drug-likeness (QED) is 0.722. The molecule has 1 aromatic heterocycles. The van der Waals surface area contributed by atoms with Gasteiger partial charge in [-0.25, -0.2) is 4.79 Å². The van der Waals surface area contributed by atoms with Crippen LogP contribution in [0.5, 0.6) is 0 Å². The molecule has 94 valence electrons. The first-order chi connectivity index (χ1) is 8.59. The maximum absolute atomic E-state index is 11.0. The molecule has 5 nitrogen and oxygen atoms in total. The maximum atomic E-state index is 11.0. The van der Waals surface area contributed by atoms with Crippen LogP contribution >= 0.6 is 0 Å². The fraction of sp³-hybridized carbons (Fsp3) is 0.154. The van der Waals surface area contributed by atoms with Gasteiger partial charge in [-0.3, -0.25) is 0 Å². The molecule has 0 aliphatic heterocycles. The molecule has 0 aliphatic carbocycles. The highest BCUT2D eigenvalue weighted by Crippen LogP contribution is 2.27. The summed E-state index contributed by atoms with van der Waals surface area (Å²) in [4.78, 5) is 11.0. The topological polar surface area (TPSA) is 88.5 Å². The van der Waals surface area contributed by atoms with Crippen molar-refractivity contribution in [1.82, 2.24) is 0 Å². The van der Waals surface area contributed by atoms with Gasteiger partial charge in [-0.1, -0.05) is 6.07 Å². The third-order valence-electron chi connectivity index (χ3n) is 2.68. The summed E-state index contributed by atoms with van der Waals surface area (Å²) in [7, 11) is 0. The summed E-state index contributed by atoms with van der Waals surface area (Å²) in [5.41, 5.74) is 6.71. The molecule has 5 heteroatoms. The number of furan rings is 1. The van der Waals surface area contributed by atoms with Crippen LogP contribution in [-0.2, 0) is 0 Å². The van der Waals surface area contributed by atoms with E-state index in [0.717, 1.165) is 5.76 Å². The molecule has 1 aromatic carbocycles. The van der Waals surface area contributed by atoms with Gasteiger partial charge in [-0.2, -0.15) is 0 Å². The Morgan fingerprint density at radius 3 is 2.78 bits per heavy atom. The average Bonchev–Trinajstić information content (AvgIpc) is 2.85. The van der Waals surface area contributed by atoms with E-state index >= 15 is 0 Å². The molecular formula is C13H14N2O3. The monoisotopic (exact) mass is 246 g/mol. The van der Waals surface area contributed by atoms with Crippen molar-refractivity contribution >= 4 is 17.3 Å². The Morgan fingerprint density at radius 1 is 1.39 bits per heavy atom. The van der Waals surface area contributed by atoms with Gasteiger partial charge in [0, 0.05) is 0 Å². The largest absolute Gasteiger partial charge is 0.478 e. The first kappa shape index (κ1) is 12.0. The predicted molar refractivity (Wildman–Crippen MR) is 68.6 cm³/mol. The number of aromatic carboxylic acids is 1. The lowest BCUT2D eigenvalue weighted by Crippen LogP contribution is -2.10. The highest BCUT2D eigenvalue weighted by Gasteiger charge is 2.14. The van der Waals surface area contributed by atoms with Crippen molar-refractivity contribution < 1.29 is 14.3 Å². The number of hydrogen-bond donors (Lipinski definition) is 3. The molecule has 1 unspecified atom stereocenters. The van der Waals surface area contributed by atoms with Gasteiger partial charge >= 0.3 is 5.97 Å². The molecule has 2 aromatic rings. The Kier molecular flexibility index (Phi) is 3.23. The molecule has 0 bridgehead atoms. The minimum absolute atomic E-state index is 0.0895. The Hall–Kier alpha value is -2.43. The Labute approximate surface area is 104 Å². The van der Waals surface area contributed by atoms with Gasteiger partial charge in [0.05, 0.1) is 29.2 Å². The molecule has 1 atom stereocenters. The first-order valence-corrected chi connectivity index (χ1v) is 5.51. The lowest BCUT2D eigenvalue weighted by molar-refractivity contribution is 0.0698. The smallest absolute Gasteiger partial charge is 0.337 e. The number of nitrogen functional groups attached to an aromatic ring is 1. The van der Waals surface area contributed by atoms with E-state index in [4.69, 9.17) is 15.3 Å². The van der Waals surface area contributed by atoms with Crippen LogP contribution in [0.25, 0.3) is 0 Å². The molecule has 18 heavy (non-hydrogen) atoms. The molecule has 0 fully saturated rings. The molecule has 0 saturated heterocycles. The average molecular weight is 246 g/mol. The first-order valence-electron chi connectivity index (χ1n) is 5.51. The molecule has 0 radical (unpaired) electrons. The summed E-state index contributed by atoms with van der Waals surface area (Å²) < 4.78 is 5.27. The highest BCUT2D eigenvalue weighted by molar-refractivity contribution is 5.97. The van der Waals surface area contributed by atoms with E-state index < -0.39 is 5.97 Å². The van der Waals surface area contributed by atoms with Crippen molar-refractivity contribution in [1.29, 1.82) is 0 Å². The van der Waals surface area contributed by atoms with Crippen molar-refractivity contribution in [3.8, 4) is 0 Å². The summed E-state index contributed by atoms with van der Waals surface area (Å²) >= 11 is 0. The number of carboxylic acid groups (broad SMARTS) is 1. The molecular weight excluding hydrogens is 232 g/mol. The van der Waals surface area contributed by atoms with E-state index in [1.165, 1.54) is 6.07 Å². The van der Waals surface area contributed by atoms with E-state index in [2.05, 4.69) is 5.32 Å². The number of nitrogens with one attached hydrogen (secondary N) is 1. The minimum Gasteiger partial charge on any atom is -0.478 e. The maximum Gasteiger partial charge on any atom is 0.337 e. The molecule has 0 spiro atoms. The second-order valence-electron chi connectivity index (χ2n) is 3.95. The Balaban J connectivity index is 2.24. The Bertz CT molecular complexity index is 549. The van der Waals surface area contributed by atoms with Crippen LogP contribution in [0.4, 0.5) is 11.4 Å². The van der Waals surface area contributed by atoms with Crippen molar-refractivity contribution in [2.24, 2.45) is 0 Å². The van der Waals surface area contributed by atoms with Crippen LogP contribution in [0.1, 0.15) is 29.1 Å². The van der Waals surface area contributed by atoms with E-state index in [1.807, 2.05) is 13.0 Å². The Morgan fingerprint density at radius 2 is 2.17 bits per heavy atom. The van der Waals surface area contributed by atoms with Gasteiger partial charge in [0.15, 0.2) is 0 Å². The number of benzene rings is 1. The molecule has 0 amide bonds. The number of carboxylic acids is 1. The number of para-hydroxylation sites is 1. The van der Waals surface area contributed by atoms with Crippen LogP contribution < -0.4 is 11.1 Å². The summed E-state index contributed by atoms with van der Waals surface area (Å²) in [6.45, 7) is 1.91. The lowest BCUT2D eigenvalue weighted by atomic mass is 10.1. The second kappa shape index (κ2) is 4.83. The lowest BCUT2D eigenvalue weighted by Gasteiger charge is -2.15. The van der Waals surface area contributed by atoms with Crippen LogP contribution in [-0.4, -0.2) is 11.1 Å². The number of hydrogen-bond acceptors (Lipinski definition) is 4. The number of carbonyl (C=O) groups is 1. The molecule has 0 aliphatic rings.